The number of piperazine rings is 1. The first kappa shape index (κ1) is 22.6. The summed E-state index contributed by atoms with van der Waals surface area (Å²) >= 11 is 0. The molecule has 5 rings (SSSR count). The van der Waals surface area contributed by atoms with Crippen LogP contribution >= 0.6 is 0 Å². The Hall–Kier alpha value is -4.18. The molecule has 10 nitrogen and oxygen atoms in total. The molecule has 2 aromatic heterocycles. The van der Waals surface area contributed by atoms with Gasteiger partial charge in [-0.2, -0.15) is 4.98 Å². The minimum atomic E-state index is 0.415. The summed E-state index contributed by atoms with van der Waals surface area (Å²) in [5, 5.41) is 11.3. The molecule has 0 radical (unpaired) electrons. The summed E-state index contributed by atoms with van der Waals surface area (Å²) in [5.41, 5.74) is 3.50. The fraction of sp³-hybridized carbons (Fsp3) is 0.280. The maximum absolute atomic E-state index is 6.20. The Morgan fingerprint density at radius 2 is 1.83 bits per heavy atom. The molecule has 1 saturated heterocycles. The van der Waals surface area contributed by atoms with Crippen LogP contribution < -0.4 is 19.7 Å². The van der Waals surface area contributed by atoms with E-state index in [4.69, 9.17) is 9.47 Å². The Labute approximate surface area is 204 Å². The van der Waals surface area contributed by atoms with Crippen LogP contribution in [-0.2, 0) is 0 Å². The standard InChI is InChI=1S/C25H28N8O2/c1-18-17-26-25(29-24(18)35-23-7-5-4-6-21(23)33-11-10-27-30-33)28-20-16-19(8-9-22(20)34-3)32-14-12-31(2)13-15-32/h4-11,16-17H,12-15H2,1-3H3,(H,26,28,29). The molecule has 4 aromatic rings. The number of ether oxygens (including phenoxy) is 2. The molecule has 10 heteroatoms. The molecule has 0 spiro atoms. The van der Waals surface area contributed by atoms with Gasteiger partial charge in [-0.1, -0.05) is 17.3 Å². The van der Waals surface area contributed by atoms with Gasteiger partial charge in [-0.05, 0) is 44.3 Å². The van der Waals surface area contributed by atoms with E-state index < -0.39 is 0 Å². The maximum Gasteiger partial charge on any atom is 0.230 e. The molecule has 35 heavy (non-hydrogen) atoms. The second kappa shape index (κ2) is 9.98. The molecule has 0 saturated carbocycles. The van der Waals surface area contributed by atoms with E-state index in [2.05, 4.69) is 54.6 Å². The lowest BCUT2D eigenvalue weighted by Gasteiger charge is -2.34. The van der Waals surface area contributed by atoms with Gasteiger partial charge < -0.3 is 24.6 Å². The van der Waals surface area contributed by atoms with E-state index in [1.807, 2.05) is 37.3 Å². The fourth-order valence-electron chi connectivity index (χ4n) is 3.94. The molecule has 1 aliphatic heterocycles. The molecule has 1 fully saturated rings. The van der Waals surface area contributed by atoms with Gasteiger partial charge in [-0.25, -0.2) is 9.67 Å². The topological polar surface area (TPSA) is 93.5 Å². The van der Waals surface area contributed by atoms with E-state index in [1.54, 1.807) is 30.4 Å². The molecule has 0 amide bonds. The summed E-state index contributed by atoms with van der Waals surface area (Å²) in [6, 6.07) is 13.7. The Balaban J connectivity index is 1.41. The predicted octanol–water partition coefficient (Wildman–Crippen LogP) is 3.66. The van der Waals surface area contributed by atoms with E-state index in [-0.39, 0.29) is 0 Å². The molecule has 0 aliphatic carbocycles. The summed E-state index contributed by atoms with van der Waals surface area (Å²) in [4.78, 5) is 13.8. The van der Waals surface area contributed by atoms with Gasteiger partial charge in [0.25, 0.3) is 0 Å². The van der Waals surface area contributed by atoms with E-state index in [0.29, 0.717) is 23.3 Å². The second-order valence-corrected chi connectivity index (χ2v) is 8.40. The van der Waals surface area contributed by atoms with Crippen molar-refractivity contribution in [3.8, 4) is 23.1 Å². The molecular weight excluding hydrogens is 444 g/mol. The third kappa shape index (κ3) is 5.02. The summed E-state index contributed by atoms with van der Waals surface area (Å²) < 4.78 is 13.4. The highest BCUT2D eigenvalue weighted by molar-refractivity contribution is 5.69. The number of anilines is 3. The Bertz CT molecular complexity index is 1290. The van der Waals surface area contributed by atoms with Crippen molar-refractivity contribution in [1.82, 2.24) is 29.9 Å². The molecule has 0 bridgehead atoms. The highest BCUT2D eigenvalue weighted by Gasteiger charge is 2.17. The van der Waals surface area contributed by atoms with Gasteiger partial charge in [-0.15, -0.1) is 5.10 Å². The maximum atomic E-state index is 6.20. The van der Waals surface area contributed by atoms with Crippen molar-refractivity contribution in [2.45, 2.75) is 6.92 Å². The van der Waals surface area contributed by atoms with Crippen molar-refractivity contribution >= 4 is 17.3 Å². The SMILES string of the molecule is COc1ccc(N2CCN(C)CC2)cc1Nc1ncc(C)c(Oc2ccccc2-n2ccnn2)n1. The first-order valence-electron chi connectivity index (χ1n) is 11.5. The average molecular weight is 473 g/mol. The molecule has 0 unspecified atom stereocenters. The predicted molar refractivity (Wildman–Crippen MR) is 134 cm³/mol. The number of benzene rings is 2. The van der Waals surface area contributed by atoms with Crippen LogP contribution in [0.4, 0.5) is 17.3 Å². The van der Waals surface area contributed by atoms with Crippen LogP contribution in [0.1, 0.15) is 5.56 Å². The normalized spacial score (nSPS) is 14.1. The van der Waals surface area contributed by atoms with Crippen molar-refractivity contribution in [2.24, 2.45) is 0 Å². The van der Waals surface area contributed by atoms with Crippen LogP contribution in [0.5, 0.6) is 17.4 Å². The number of rotatable bonds is 7. The zero-order chi connectivity index (χ0) is 24.2. The summed E-state index contributed by atoms with van der Waals surface area (Å²) in [6.45, 7) is 5.93. The van der Waals surface area contributed by atoms with Crippen molar-refractivity contribution < 1.29 is 9.47 Å². The van der Waals surface area contributed by atoms with E-state index in [9.17, 15) is 0 Å². The monoisotopic (exact) mass is 472 g/mol. The lowest BCUT2D eigenvalue weighted by Crippen LogP contribution is -2.44. The van der Waals surface area contributed by atoms with Crippen LogP contribution in [0, 0.1) is 6.92 Å². The van der Waals surface area contributed by atoms with Crippen LogP contribution in [0.2, 0.25) is 0 Å². The van der Waals surface area contributed by atoms with Crippen molar-refractivity contribution in [2.75, 3.05) is 50.6 Å². The highest BCUT2D eigenvalue weighted by atomic mass is 16.5. The Morgan fingerprint density at radius 1 is 1.00 bits per heavy atom. The average Bonchev–Trinajstić information content (AvgIpc) is 3.42. The quantitative estimate of drug-likeness (QED) is 0.432. The number of aromatic nitrogens is 5. The zero-order valence-corrected chi connectivity index (χ0v) is 20.0. The van der Waals surface area contributed by atoms with Gasteiger partial charge in [0.2, 0.25) is 11.8 Å². The molecular formula is C25H28N8O2. The number of nitrogens with zero attached hydrogens (tertiary/aromatic N) is 7. The van der Waals surface area contributed by atoms with Crippen LogP contribution in [0.25, 0.3) is 5.69 Å². The van der Waals surface area contributed by atoms with Gasteiger partial charge in [-0.3, -0.25) is 0 Å². The lowest BCUT2D eigenvalue weighted by atomic mass is 10.2. The van der Waals surface area contributed by atoms with Crippen LogP contribution in [-0.4, -0.2) is 70.2 Å². The molecule has 3 heterocycles. The number of likely N-dealkylation sites (N-methyl/N-ethyl adjacent to an activating group) is 1. The van der Waals surface area contributed by atoms with Gasteiger partial charge >= 0.3 is 0 Å². The number of hydrogen-bond donors (Lipinski definition) is 1. The number of methoxy groups -OCH3 is 1. The second-order valence-electron chi connectivity index (χ2n) is 8.40. The number of nitrogens with one attached hydrogen (secondary N) is 1. The third-order valence-corrected chi connectivity index (χ3v) is 5.96. The van der Waals surface area contributed by atoms with Crippen LogP contribution in [0.15, 0.2) is 61.1 Å². The van der Waals surface area contributed by atoms with Crippen molar-refractivity contribution in [3.05, 3.63) is 66.6 Å². The lowest BCUT2D eigenvalue weighted by molar-refractivity contribution is 0.313. The van der Waals surface area contributed by atoms with Gasteiger partial charge in [0.05, 0.1) is 25.2 Å². The van der Waals surface area contributed by atoms with E-state index in [0.717, 1.165) is 48.8 Å². The third-order valence-electron chi connectivity index (χ3n) is 5.96. The van der Waals surface area contributed by atoms with E-state index >= 15 is 0 Å². The van der Waals surface area contributed by atoms with Crippen molar-refractivity contribution in [1.29, 1.82) is 0 Å². The Kier molecular flexibility index (Phi) is 6.44. The summed E-state index contributed by atoms with van der Waals surface area (Å²) in [5.74, 6) is 2.19. The number of para-hydroxylation sites is 2. The molecule has 2 aromatic carbocycles. The fourth-order valence-corrected chi connectivity index (χ4v) is 3.94. The van der Waals surface area contributed by atoms with Gasteiger partial charge in [0.15, 0.2) is 5.75 Å². The molecule has 180 valence electrons. The van der Waals surface area contributed by atoms with E-state index in [1.165, 1.54) is 0 Å². The molecule has 0 atom stereocenters. The Morgan fingerprint density at radius 3 is 2.60 bits per heavy atom. The minimum absolute atomic E-state index is 0.415. The van der Waals surface area contributed by atoms with Crippen molar-refractivity contribution in [3.63, 3.8) is 0 Å². The largest absolute Gasteiger partial charge is 0.495 e. The summed E-state index contributed by atoms with van der Waals surface area (Å²) in [7, 11) is 3.80. The smallest absolute Gasteiger partial charge is 0.230 e. The molecule has 1 N–H and O–H groups in total. The molecule has 1 aliphatic rings. The number of hydrogen-bond acceptors (Lipinski definition) is 9. The summed E-state index contributed by atoms with van der Waals surface area (Å²) in [6.07, 6.45) is 5.12. The minimum Gasteiger partial charge on any atom is -0.495 e. The zero-order valence-electron chi connectivity index (χ0n) is 20.0. The first-order valence-corrected chi connectivity index (χ1v) is 11.5. The van der Waals surface area contributed by atoms with Gasteiger partial charge in [0.1, 0.15) is 11.4 Å². The van der Waals surface area contributed by atoms with Crippen LogP contribution in [0.3, 0.4) is 0 Å². The first-order chi connectivity index (χ1) is 17.1. The number of aryl methyl sites for hydroxylation is 1. The van der Waals surface area contributed by atoms with Gasteiger partial charge in [0, 0.05) is 43.6 Å². The highest BCUT2D eigenvalue weighted by Crippen LogP contribution is 2.33.